The lowest BCUT2D eigenvalue weighted by molar-refractivity contribution is -0.142. The van der Waals surface area contributed by atoms with E-state index in [1.807, 2.05) is 13.8 Å². The summed E-state index contributed by atoms with van der Waals surface area (Å²) in [6.07, 6.45) is 0.455. The van der Waals surface area contributed by atoms with Crippen LogP contribution in [0.4, 0.5) is 5.95 Å². The zero-order valence-corrected chi connectivity index (χ0v) is 17.6. The fraction of sp³-hybridized carbons (Fsp3) is 0.400. The van der Waals surface area contributed by atoms with Crippen LogP contribution in [0.5, 0.6) is 0 Å². The molecule has 0 amide bonds. The van der Waals surface area contributed by atoms with Crippen LogP contribution in [0.15, 0.2) is 0 Å². The third-order valence-electron chi connectivity index (χ3n) is 5.08. The second-order valence-corrected chi connectivity index (χ2v) is 7.21. The molecule has 0 atom stereocenters. The van der Waals surface area contributed by atoms with Crippen molar-refractivity contribution in [3.05, 3.63) is 39.5 Å². The topological polar surface area (TPSA) is 145 Å². The van der Waals surface area contributed by atoms with E-state index in [1.165, 1.54) is 11.4 Å². The summed E-state index contributed by atoms with van der Waals surface area (Å²) in [5, 5.41) is 4.10. The minimum Gasteiger partial charge on any atom is -0.457 e. The van der Waals surface area contributed by atoms with Crippen molar-refractivity contribution < 1.29 is 19.1 Å². The molecule has 3 N–H and O–H groups in total. The molecule has 10 heteroatoms. The van der Waals surface area contributed by atoms with E-state index in [0.717, 1.165) is 17.0 Å². The first-order chi connectivity index (χ1) is 14.1. The third kappa shape index (κ3) is 3.93. The number of ether oxygens (including phenoxy) is 1. The van der Waals surface area contributed by atoms with Gasteiger partial charge in [0.05, 0.1) is 5.69 Å². The van der Waals surface area contributed by atoms with Gasteiger partial charge >= 0.3 is 5.97 Å². The van der Waals surface area contributed by atoms with Gasteiger partial charge in [0.15, 0.2) is 12.4 Å². The number of esters is 1. The second kappa shape index (κ2) is 8.05. The molecule has 3 aromatic heterocycles. The molecule has 0 unspecified atom stereocenters. The summed E-state index contributed by atoms with van der Waals surface area (Å²) < 4.78 is 6.68. The van der Waals surface area contributed by atoms with Crippen molar-refractivity contribution in [2.45, 2.75) is 47.5 Å². The van der Waals surface area contributed by atoms with E-state index in [4.69, 9.17) is 10.5 Å². The first-order valence-electron chi connectivity index (χ1n) is 9.47. The van der Waals surface area contributed by atoms with Crippen LogP contribution in [-0.2, 0) is 16.0 Å². The Hall–Kier alpha value is -3.56. The van der Waals surface area contributed by atoms with E-state index in [-0.39, 0.29) is 29.6 Å². The quantitative estimate of drug-likeness (QED) is 0.441. The minimum absolute atomic E-state index is 0.0771. The van der Waals surface area contributed by atoms with Crippen LogP contribution >= 0.6 is 0 Å². The molecule has 10 nitrogen and oxygen atoms in total. The predicted molar refractivity (Wildman–Crippen MR) is 109 cm³/mol. The zero-order chi connectivity index (χ0) is 22.2. The van der Waals surface area contributed by atoms with Gasteiger partial charge in [-0.2, -0.15) is 9.50 Å². The van der Waals surface area contributed by atoms with Crippen molar-refractivity contribution in [3.8, 4) is 0 Å². The predicted octanol–water partition coefficient (Wildman–Crippen LogP) is 1.83. The average Bonchev–Trinajstić information content (AvgIpc) is 3.18. The molecule has 0 bridgehead atoms. The van der Waals surface area contributed by atoms with Gasteiger partial charge in [-0.15, -0.1) is 5.10 Å². The molecule has 0 radical (unpaired) electrons. The summed E-state index contributed by atoms with van der Waals surface area (Å²) in [4.78, 5) is 47.6. The smallest absolute Gasteiger partial charge is 0.306 e. The number of nitrogens with one attached hydrogen (secondary N) is 1. The van der Waals surface area contributed by atoms with Crippen molar-refractivity contribution in [1.82, 2.24) is 24.6 Å². The van der Waals surface area contributed by atoms with Crippen molar-refractivity contribution in [2.24, 2.45) is 0 Å². The van der Waals surface area contributed by atoms with E-state index in [0.29, 0.717) is 29.0 Å². The highest BCUT2D eigenvalue weighted by atomic mass is 16.5. The molecule has 0 saturated heterocycles. The molecule has 0 saturated carbocycles. The zero-order valence-electron chi connectivity index (χ0n) is 17.6. The second-order valence-electron chi connectivity index (χ2n) is 7.21. The number of nitrogens with zero attached hydrogens (tertiary/aromatic N) is 4. The molecule has 3 rings (SSSR count). The van der Waals surface area contributed by atoms with Crippen LogP contribution in [0.3, 0.4) is 0 Å². The first-order valence-corrected chi connectivity index (χ1v) is 9.47. The summed E-state index contributed by atoms with van der Waals surface area (Å²) in [5.41, 5.74) is 9.96. The average molecular weight is 412 g/mol. The summed E-state index contributed by atoms with van der Waals surface area (Å²) in [7, 11) is 0. The summed E-state index contributed by atoms with van der Waals surface area (Å²) in [5.74, 6) is -0.482. The Morgan fingerprint density at radius 1 is 1.13 bits per heavy atom. The lowest BCUT2D eigenvalue weighted by Gasteiger charge is -2.10. The monoisotopic (exact) mass is 412 g/mol. The molecule has 0 aromatic carbocycles. The molecular formula is C20H24N6O4. The molecule has 3 aromatic rings. The number of rotatable bonds is 7. The van der Waals surface area contributed by atoms with Crippen molar-refractivity contribution >= 4 is 29.3 Å². The molecule has 0 aliphatic carbocycles. The van der Waals surface area contributed by atoms with E-state index in [1.54, 1.807) is 13.8 Å². The van der Waals surface area contributed by atoms with E-state index in [9.17, 15) is 14.4 Å². The number of aromatic nitrogens is 5. The highest BCUT2D eigenvalue weighted by Gasteiger charge is 2.21. The van der Waals surface area contributed by atoms with Gasteiger partial charge in [0.25, 0.3) is 5.78 Å². The number of ketones is 2. The SMILES string of the molecule is CC(=O)c1c(C)[nH]c(C(=O)COC(=O)CCc2c(C)nc3nc(N)nn3c2C)c1C. The molecule has 3 heterocycles. The number of anilines is 1. The number of nitrogens with two attached hydrogens (primary N) is 1. The largest absolute Gasteiger partial charge is 0.457 e. The Kier molecular flexibility index (Phi) is 5.68. The minimum atomic E-state index is -0.506. The maximum atomic E-state index is 12.4. The summed E-state index contributed by atoms with van der Waals surface area (Å²) in [6, 6.07) is 0. The van der Waals surface area contributed by atoms with Gasteiger partial charge in [0.1, 0.15) is 0 Å². The van der Waals surface area contributed by atoms with Gasteiger partial charge in [0.2, 0.25) is 11.7 Å². The van der Waals surface area contributed by atoms with Crippen LogP contribution in [-0.4, -0.2) is 48.7 Å². The first kappa shape index (κ1) is 21.2. The van der Waals surface area contributed by atoms with E-state index >= 15 is 0 Å². The Morgan fingerprint density at radius 2 is 1.83 bits per heavy atom. The van der Waals surface area contributed by atoms with Crippen LogP contribution in [0.1, 0.15) is 62.4 Å². The van der Waals surface area contributed by atoms with Gasteiger partial charge in [0, 0.05) is 29.1 Å². The number of Topliss-reactive ketones (excluding diaryl/α,β-unsaturated/α-hetero) is 2. The van der Waals surface area contributed by atoms with Gasteiger partial charge < -0.3 is 15.5 Å². The van der Waals surface area contributed by atoms with Crippen molar-refractivity contribution in [3.63, 3.8) is 0 Å². The molecule has 30 heavy (non-hydrogen) atoms. The molecule has 0 fully saturated rings. The van der Waals surface area contributed by atoms with Gasteiger partial charge in [-0.05, 0) is 52.2 Å². The van der Waals surface area contributed by atoms with Crippen LogP contribution in [0, 0.1) is 27.7 Å². The molecule has 158 valence electrons. The number of H-pyrrole nitrogens is 1. The lowest BCUT2D eigenvalue weighted by Crippen LogP contribution is -2.16. The highest BCUT2D eigenvalue weighted by Crippen LogP contribution is 2.19. The Bertz CT molecular complexity index is 1170. The standard InChI is InChI=1S/C20H24N6O4/c1-9-17(13(5)27)11(3)22-18(9)15(28)8-30-16(29)7-6-14-10(2)23-20-24-19(21)25-26(20)12(14)4/h22H,6-8H2,1-5H3,(H2,21,25). The van der Waals surface area contributed by atoms with Crippen molar-refractivity contribution in [2.75, 3.05) is 12.3 Å². The normalized spacial score (nSPS) is 11.1. The summed E-state index contributed by atoms with van der Waals surface area (Å²) in [6.45, 7) is 8.15. The number of aryl methyl sites for hydroxylation is 3. The fourth-order valence-electron chi connectivity index (χ4n) is 3.66. The van der Waals surface area contributed by atoms with Gasteiger partial charge in [-0.1, -0.05) is 0 Å². The third-order valence-corrected chi connectivity index (χ3v) is 5.08. The van der Waals surface area contributed by atoms with Crippen LogP contribution in [0.2, 0.25) is 0 Å². The van der Waals surface area contributed by atoms with Crippen LogP contribution in [0.25, 0.3) is 5.78 Å². The number of aromatic amines is 1. The Morgan fingerprint density at radius 3 is 2.47 bits per heavy atom. The molecule has 0 aliphatic rings. The Balaban J connectivity index is 1.63. The van der Waals surface area contributed by atoms with Gasteiger partial charge in [-0.25, -0.2) is 4.98 Å². The molecule has 0 spiro atoms. The summed E-state index contributed by atoms with van der Waals surface area (Å²) >= 11 is 0. The Labute approximate surface area is 172 Å². The van der Waals surface area contributed by atoms with E-state index < -0.39 is 12.6 Å². The maximum absolute atomic E-state index is 12.4. The highest BCUT2D eigenvalue weighted by molar-refractivity contribution is 6.04. The van der Waals surface area contributed by atoms with Crippen LogP contribution < -0.4 is 5.73 Å². The number of hydrogen-bond acceptors (Lipinski definition) is 8. The molecular weight excluding hydrogens is 388 g/mol. The molecule has 0 aliphatic heterocycles. The lowest BCUT2D eigenvalue weighted by atomic mass is 10.1. The number of fused-ring (bicyclic) bond motifs is 1. The van der Waals surface area contributed by atoms with E-state index in [2.05, 4.69) is 20.1 Å². The maximum Gasteiger partial charge on any atom is 0.306 e. The van der Waals surface area contributed by atoms with Gasteiger partial charge in [-0.3, -0.25) is 14.4 Å². The number of carbonyl (C=O) groups excluding carboxylic acids is 3. The number of nitrogen functional groups attached to an aromatic ring is 1. The van der Waals surface area contributed by atoms with Crippen molar-refractivity contribution in [1.29, 1.82) is 0 Å². The fourth-order valence-corrected chi connectivity index (χ4v) is 3.66. The number of hydrogen-bond donors (Lipinski definition) is 2. The number of carbonyl (C=O) groups is 3.